The maximum atomic E-state index is 13.4. The molecule has 1 aliphatic heterocycles. The molecule has 1 atom stereocenters. The Morgan fingerprint density at radius 3 is 2.34 bits per heavy atom. The summed E-state index contributed by atoms with van der Waals surface area (Å²) in [5.74, 6) is -2.25. The lowest BCUT2D eigenvalue weighted by Gasteiger charge is -2.31. The molecule has 11 heteroatoms. The van der Waals surface area contributed by atoms with Gasteiger partial charge >= 0.3 is 12.1 Å². The van der Waals surface area contributed by atoms with Crippen molar-refractivity contribution in [3.05, 3.63) is 48.5 Å². The van der Waals surface area contributed by atoms with Gasteiger partial charge in [-0.25, -0.2) is 13.4 Å². The summed E-state index contributed by atoms with van der Waals surface area (Å²) in [4.78, 5) is 16.1. The second-order valence-corrected chi connectivity index (χ2v) is 8.68. The molecule has 0 aliphatic carbocycles. The molecule has 1 saturated heterocycles. The first-order valence-electron chi connectivity index (χ1n) is 8.90. The third-order valence-corrected chi connectivity index (χ3v) is 6.71. The van der Waals surface area contributed by atoms with E-state index >= 15 is 0 Å². The van der Waals surface area contributed by atoms with Gasteiger partial charge in [0.15, 0.2) is 5.82 Å². The largest absolute Gasteiger partial charge is 0.444 e. The molecular formula is C18H20F3N3O4S. The molecule has 2 heterocycles. The van der Waals surface area contributed by atoms with Crippen molar-refractivity contribution in [2.45, 2.75) is 30.0 Å². The number of piperidine rings is 1. The van der Waals surface area contributed by atoms with Crippen LogP contribution in [0.3, 0.4) is 0 Å². The zero-order valence-corrected chi connectivity index (χ0v) is 16.4. The Bertz CT molecular complexity index is 952. The average molecular weight is 431 g/mol. The Balaban J connectivity index is 1.66. The van der Waals surface area contributed by atoms with Crippen LogP contribution in [0.4, 0.5) is 13.2 Å². The molecule has 1 aromatic heterocycles. The zero-order chi connectivity index (χ0) is 21.2. The van der Waals surface area contributed by atoms with Crippen LogP contribution in [0, 0.1) is 5.92 Å². The SMILES string of the molecule is Cn1ccnc1C(OC(=O)C1CCN(S(=O)(=O)c2ccccc2)CC1)C(F)(F)F. The molecule has 0 N–H and O–H groups in total. The molecule has 1 aliphatic rings. The number of halogens is 3. The fraction of sp³-hybridized carbons (Fsp3) is 0.444. The second-order valence-electron chi connectivity index (χ2n) is 6.75. The Hall–Kier alpha value is -2.40. The van der Waals surface area contributed by atoms with E-state index < -0.39 is 40.0 Å². The van der Waals surface area contributed by atoms with Crippen LogP contribution < -0.4 is 0 Å². The molecular weight excluding hydrogens is 411 g/mol. The molecule has 0 saturated carbocycles. The Kier molecular flexibility index (Phi) is 5.99. The first-order valence-corrected chi connectivity index (χ1v) is 10.3. The number of sulfonamides is 1. The lowest BCUT2D eigenvalue weighted by molar-refractivity contribution is -0.229. The Labute approximate surface area is 166 Å². The number of nitrogens with zero attached hydrogens (tertiary/aromatic N) is 3. The summed E-state index contributed by atoms with van der Waals surface area (Å²) >= 11 is 0. The molecule has 1 unspecified atom stereocenters. The minimum absolute atomic E-state index is 0.0239. The van der Waals surface area contributed by atoms with Crippen LogP contribution in [-0.2, 0) is 26.6 Å². The van der Waals surface area contributed by atoms with Crippen molar-refractivity contribution in [2.24, 2.45) is 13.0 Å². The zero-order valence-electron chi connectivity index (χ0n) is 15.5. The molecule has 0 bridgehead atoms. The number of hydrogen-bond donors (Lipinski definition) is 0. The predicted molar refractivity (Wildman–Crippen MR) is 96.0 cm³/mol. The highest BCUT2D eigenvalue weighted by atomic mass is 32.2. The number of ether oxygens (including phenoxy) is 1. The van der Waals surface area contributed by atoms with Gasteiger partial charge in [-0.2, -0.15) is 17.5 Å². The van der Waals surface area contributed by atoms with Gasteiger partial charge in [0.05, 0.1) is 10.8 Å². The van der Waals surface area contributed by atoms with Crippen molar-refractivity contribution in [1.29, 1.82) is 0 Å². The summed E-state index contributed by atoms with van der Waals surface area (Å²) in [6, 6.07) is 7.84. The van der Waals surface area contributed by atoms with E-state index in [1.807, 2.05) is 0 Å². The molecule has 158 valence electrons. The van der Waals surface area contributed by atoms with E-state index in [2.05, 4.69) is 4.98 Å². The number of alkyl halides is 3. The Morgan fingerprint density at radius 2 is 1.83 bits per heavy atom. The van der Waals surface area contributed by atoms with Gasteiger partial charge in [0.2, 0.25) is 10.0 Å². The number of rotatable bonds is 5. The lowest BCUT2D eigenvalue weighted by atomic mass is 9.98. The van der Waals surface area contributed by atoms with E-state index in [4.69, 9.17) is 4.74 Å². The lowest BCUT2D eigenvalue weighted by Crippen LogP contribution is -2.41. The van der Waals surface area contributed by atoms with Crippen LogP contribution in [0.5, 0.6) is 0 Å². The van der Waals surface area contributed by atoms with Crippen molar-refractivity contribution in [3.63, 3.8) is 0 Å². The fourth-order valence-corrected chi connectivity index (χ4v) is 4.67. The highest BCUT2D eigenvalue weighted by Crippen LogP contribution is 2.36. The molecule has 29 heavy (non-hydrogen) atoms. The van der Waals surface area contributed by atoms with E-state index in [1.165, 1.54) is 35.9 Å². The van der Waals surface area contributed by atoms with Gasteiger partial charge in [-0.3, -0.25) is 4.79 Å². The molecule has 0 amide bonds. The van der Waals surface area contributed by atoms with Crippen molar-refractivity contribution < 1.29 is 31.1 Å². The van der Waals surface area contributed by atoms with E-state index in [0.29, 0.717) is 0 Å². The normalized spacial score (nSPS) is 17.8. The molecule has 0 spiro atoms. The highest BCUT2D eigenvalue weighted by molar-refractivity contribution is 7.89. The second kappa shape index (κ2) is 8.15. The molecule has 1 aromatic carbocycles. The molecule has 7 nitrogen and oxygen atoms in total. The molecule has 0 radical (unpaired) electrons. The molecule has 1 fully saturated rings. The summed E-state index contributed by atoms with van der Waals surface area (Å²) in [5.41, 5.74) is 0. The Morgan fingerprint density at radius 1 is 1.21 bits per heavy atom. The van der Waals surface area contributed by atoms with E-state index in [0.717, 1.165) is 4.57 Å². The number of carbonyl (C=O) groups excluding carboxylic acids is 1. The number of hydrogen-bond acceptors (Lipinski definition) is 5. The van der Waals surface area contributed by atoms with E-state index in [9.17, 15) is 26.4 Å². The summed E-state index contributed by atoms with van der Waals surface area (Å²) in [5, 5.41) is 0. The minimum atomic E-state index is -4.81. The van der Waals surface area contributed by atoms with Crippen molar-refractivity contribution in [2.75, 3.05) is 13.1 Å². The van der Waals surface area contributed by atoms with Gasteiger partial charge in [0, 0.05) is 32.5 Å². The summed E-state index contributed by atoms with van der Waals surface area (Å²) in [6.45, 7) is 0.0478. The highest BCUT2D eigenvalue weighted by Gasteiger charge is 2.47. The smallest absolute Gasteiger partial charge is 0.432 e. The first kappa shape index (κ1) is 21.3. The van der Waals surface area contributed by atoms with Crippen LogP contribution >= 0.6 is 0 Å². The number of aryl methyl sites for hydroxylation is 1. The summed E-state index contributed by atoms with van der Waals surface area (Å²) in [6.07, 6.45) is -4.61. The number of aromatic nitrogens is 2. The van der Waals surface area contributed by atoms with E-state index in [1.54, 1.807) is 18.2 Å². The van der Waals surface area contributed by atoms with Gasteiger partial charge in [-0.05, 0) is 25.0 Å². The number of imidazole rings is 1. The van der Waals surface area contributed by atoms with Gasteiger partial charge in [-0.15, -0.1) is 0 Å². The summed E-state index contributed by atoms with van der Waals surface area (Å²) < 4.78 is 72.5. The van der Waals surface area contributed by atoms with Gasteiger partial charge < -0.3 is 9.30 Å². The third-order valence-electron chi connectivity index (χ3n) is 4.79. The maximum absolute atomic E-state index is 13.4. The van der Waals surface area contributed by atoms with E-state index in [-0.39, 0.29) is 30.8 Å². The monoisotopic (exact) mass is 431 g/mol. The van der Waals surface area contributed by atoms with Crippen LogP contribution in [-0.4, -0.2) is 47.5 Å². The van der Waals surface area contributed by atoms with Crippen molar-refractivity contribution in [3.8, 4) is 0 Å². The van der Waals surface area contributed by atoms with Gasteiger partial charge in [0.1, 0.15) is 0 Å². The van der Waals surface area contributed by atoms with Crippen LogP contribution in [0.2, 0.25) is 0 Å². The van der Waals surface area contributed by atoms with Crippen LogP contribution in [0.25, 0.3) is 0 Å². The first-order chi connectivity index (χ1) is 13.6. The van der Waals surface area contributed by atoms with Crippen molar-refractivity contribution in [1.82, 2.24) is 13.9 Å². The van der Waals surface area contributed by atoms with Gasteiger partial charge in [-0.1, -0.05) is 18.2 Å². The predicted octanol–water partition coefficient (Wildman–Crippen LogP) is 2.67. The fourth-order valence-electron chi connectivity index (χ4n) is 3.18. The number of carbonyl (C=O) groups is 1. The van der Waals surface area contributed by atoms with Crippen LogP contribution in [0.15, 0.2) is 47.6 Å². The standard InChI is InChI=1S/C18H20F3N3O4S/c1-23-12-9-22-16(23)15(18(19,20)21)28-17(25)13-7-10-24(11-8-13)29(26,27)14-5-3-2-4-6-14/h2-6,9,12-13,15H,7-8,10-11H2,1H3. The van der Waals surface area contributed by atoms with Gasteiger partial charge in [0.25, 0.3) is 6.10 Å². The maximum Gasteiger partial charge on any atom is 0.432 e. The number of benzene rings is 1. The third kappa shape index (κ3) is 4.61. The topological polar surface area (TPSA) is 81.5 Å². The van der Waals surface area contributed by atoms with Crippen molar-refractivity contribution >= 4 is 16.0 Å². The summed E-state index contributed by atoms with van der Waals surface area (Å²) in [7, 11) is -2.33. The molecule has 2 aromatic rings. The van der Waals surface area contributed by atoms with Crippen LogP contribution in [0.1, 0.15) is 24.8 Å². The minimum Gasteiger partial charge on any atom is -0.444 e. The average Bonchev–Trinajstić information content (AvgIpc) is 3.11. The quantitative estimate of drug-likeness (QED) is 0.680. The number of esters is 1. The molecule has 3 rings (SSSR count).